The van der Waals surface area contributed by atoms with Gasteiger partial charge in [-0.2, -0.15) is 0 Å². The number of aliphatic hydroxyl groups is 1. The van der Waals surface area contributed by atoms with Gasteiger partial charge in [0.05, 0.1) is 5.01 Å². The molecule has 1 aromatic rings. The van der Waals surface area contributed by atoms with Crippen LogP contribution in [0.1, 0.15) is 11.4 Å². The molecule has 4 heteroatoms. The highest BCUT2D eigenvalue weighted by molar-refractivity contribution is 7.09. The molecule has 0 spiro atoms. The maximum atomic E-state index is 9.00. The number of likely N-dealkylation sites (tertiary alicyclic amines) is 1. The molecular weight excluding hydrogens is 196 g/mol. The molecule has 1 aliphatic rings. The van der Waals surface area contributed by atoms with Crippen LogP contribution in [-0.4, -0.2) is 41.2 Å². The van der Waals surface area contributed by atoms with Gasteiger partial charge in [-0.1, -0.05) is 0 Å². The molecule has 3 nitrogen and oxygen atoms in total. The predicted molar refractivity (Wildman–Crippen MR) is 57.5 cm³/mol. The van der Waals surface area contributed by atoms with Gasteiger partial charge in [0, 0.05) is 37.7 Å². The summed E-state index contributed by atoms with van der Waals surface area (Å²) in [7, 11) is 0. The molecule has 1 atom stereocenters. The number of thiazole rings is 1. The average molecular weight is 212 g/mol. The Morgan fingerprint density at radius 1 is 1.64 bits per heavy atom. The van der Waals surface area contributed by atoms with E-state index in [4.69, 9.17) is 5.11 Å². The number of aromatic nitrogens is 1. The van der Waals surface area contributed by atoms with Crippen LogP contribution in [0.4, 0.5) is 0 Å². The van der Waals surface area contributed by atoms with Crippen molar-refractivity contribution >= 4 is 11.3 Å². The van der Waals surface area contributed by atoms with Gasteiger partial charge in [-0.25, -0.2) is 4.98 Å². The van der Waals surface area contributed by atoms with Crippen LogP contribution in [0.3, 0.4) is 0 Å². The maximum Gasteiger partial charge on any atom is 0.0937 e. The fraction of sp³-hybridized carbons (Fsp3) is 0.700. The lowest BCUT2D eigenvalue weighted by atomic mass is 10.1. The van der Waals surface area contributed by atoms with Crippen molar-refractivity contribution < 1.29 is 5.11 Å². The molecular formula is C10H16N2OS. The maximum absolute atomic E-state index is 9.00. The van der Waals surface area contributed by atoms with Gasteiger partial charge in [-0.05, 0) is 18.9 Å². The van der Waals surface area contributed by atoms with Crippen LogP contribution in [0.15, 0.2) is 11.6 Å². The Bertz CT molecular complexity index is 263. The van der Waals surface area contributed by atoms with Gasteiger partial charge in [0.15, 0.2) is 0 Å². The third kappa shape index (κ3) is 2.53. The largest absolute Gasteiger partial charge is 0.396 e. The summed E-state index contributed by atoms with van der Waals surface area (Å²) in [6, 6.07) is 0. The van der Waals surface area contributed by atoms with E-state index in [1.54, 1.807) is 11.3 Å². The summed E-state index contributed by atoms with van der Waals surface area (Å²) >= 11 is 1.73. The van der Waals surface area contributed by atoms with Gasteiger partial charge >= 0.3 is 0 Å². The van der Waals surface area contributed by atoms with E-state index >= 15 is 0 Å². The van der Waals surface area contributed by atoms with Gasteiger partial charge in [-0.3, -0.25) is 0 Å². The summed E-state index contributed by atoms with van der Waals surface area (Å²) in [5, 5.41) is 12.2. The summed E-state index contributed by atoms with van der Waals surface area (Å²) in [4.78, 5) is 6.68. The van der Waals surface area contributed by atoms with E-state index < -0.39 is 0 Å². The Kier molecular flexibility index (Phi) is 3.50. The molecule has 1 unspecified atom stereocenters. The topological polar surface area (TPSA) is 36.4 Å². The first-order valence-corrected chi connectivity index (χ1v) is 5.98. The molecule has 14 heavy (non-hydrogen) atoms. The van der Waals surface area contributed by atoms with Gasteiger partial charge in [0.2, 0.25) is 0 Å². The van der Waals surface area contributed by atoms with Crippen LogP contribution < -0.4 is 0 Å². The third-order valence-corrected chi connectivity index (χ3v) is 3.59. The molecule has 1 aromatic heterocycles. The van der Waals surface area contributed by atoms with Crippen LogP contribution in [0, 0.1) is 5.92 Å². The lowest BCUT2D eigenvalue weighted by molar-refractivity contribution is 0.222. The van der Waals surface area contributed by atoms with Crippen molar-refractivity contribution in [1.29, 1.82) is 0 Å². The lowest BCUT2D eigenvalue weighted by Crippen LogP contribution is -2.24. The second-order valence-corrected chi connectivity index (χ2v) is 4.79. The molecule has 1 fully saturated rings. The lowest BCUT2D eigenvalue weighted by Gasteiger charge is -2.13. The van der Waals surface area contributed by atoms with Crippen molar-refractivity contribution in [2.45, 2.75) is 12.8 Å². The normalized spacial score (nSPS) is 23.1. The molecule has 2 heterocycles. The quantitative estimate of drug-likeness (QED) is 0.809. The summed E-state index contributed by atoms with van der Waals surface area (Å²) < 4.78 is 0. The van der Waals surface area contributed by atoms with Crippen LogP contribution in [0.2, 0.25) is 0 Å². The molecule has 0 aromatic carbocycles. The second-order valence-electron chi connectivity index (χ2n) is 3.81. The minimum atomic E-state index is 0.341. The van der Waals surface area contributed by atoms with Crippen molar-refractivity contribution in [1.82, 2.24) is 9.88 Å². The van der Waals surface area contributed by atoms with Crippen LogP contribution >= 0.6 is 11.3 Å². The zero-order chi connectivity index (χ0) is 9.80. The molecule has 0 radical (unpaired) electrons. The minimum Gasteiger partial charge on any atom is -0.396 e. The molecule has 0 bridgehead atoms. The number of rotatable bonds is 4. The summed E-state index contributed by atoms with van der Waals surface area (Å²) in [6.07, 6.45) is 4.06. The van der Waals surface area contributed by atoms with E-state index in [0.717, 1.165) is 32.5 Å². The highest BCUT2D eigenvalue weighted by atomic mass is 32.1. The Morgan fingerprint density at radius 2 is 2.57 bits per heavy atom. The van der Waals surface area contributed by atoms with E-state index in [9.17, 15) is 0 Å². The van der Waals surface area contributed by atoms with Gasteiger partial charge in [-0.15, -0.1) is 11.3 Å². The molecule has 1 N–H and O–H groups in total. The molecule has 1 saturated heterocycles. The highest BCUT2D eigenvalue weighted by Crippen LogP contribution is 2.16. The number of nitrogens with zero attached hydrogens (tertiary/aromatic N) is 2. The molecule has 78 valence electrons. The molecule has 0 amide bonds. The molecule has 2 rings (SSSR count). The minimum absolute atomic E-state index is 0.341. The zero-order valence-electron chi connectivity index (χ0n) is 8.22. The third-order valence-electron chi connectivity index (χ3n) is 2.75. The molecule has 0 aliphatic carbocycles. The SMILES string of the molecule is OCC1CCN(CCc2nccs2)C1. The fourth-order valence-corrected chi connectivity index (χ4v) is 2.50. The average Bonchev–Trinajstić information content (AvgIpc) is 2.86. The zero-order valence-corrected chi connectivity index (χ0v) is 9.04. The van der Waals surface area contributed by atoms with Crippen molar-refractivity contribution in [3.05, 3.63) is 16.6 Å². The van der Waals surface area contributed by atoms with E-state index in [0.29, 0.717) is 12.5 Å². The van der Waals surface area contributed by atoms with Crippen LogP contribution in [0.25, 0.3) is 0 Å². The van der Waals surface area contributed by atoms with Crippen molar-refractivity contribution in [2.24, 2.45) is 5.92 Å². The Labute approximate surface area is 88.4 Å². The fourth-order valence-electron chi connectivity index (χ4n) is 1.90. The summed E-state index contributed by atoms with van der Waals surface area (Å²) in [5.74, 6) is 0.506. The van der Waals surface area contributed by atoms with E-state index in [2.05, 4.69) is 9.88 Å². The number of hydrogen-bond donors (Lipinski definition) is 1. The smallest absolute Gasteiger partial charge is 0.0937 e. The summed E-state index contributed by atoms with van der Waals surface area (Å²) in [5.41, 5.74) is 0. The Morgan fingerprint density at radius 3 is 3.21 bits per heavy atom. The van der Waals surface area contributed by atoms with E-state index in [-0.39, 0.29) is 0 Å². The number of hydrogen-bond acceptors (Lipinski definition) is 4. The highest BCUT2D eigenvalue weighted by Gasteiger charge is 2.21. The van der Waals surface area contributed by atoms with Crippen LogP contribution in [0.5, 0.6) is 0 Å². The van der Waals surface area contributed by atoms with Crippen molar-refractivity contribution in [3.8, 4) is 0 Å². The van der Waals surface area contributed by atoms with Gasteiger partial charge in [0.1, 0.15) is 0 Å². The predicted octanol–water partition coefficient (Wildman–Crippen LogP) is 1.000. The first kappa shape index (κ1) is 10.1. The van der Waals surface area contributed by atoms with Gasteiger partial charge in [0.25, 0.3) is 0 Å². The summed E-state index contributed by atoms with van der Waals surface area (Å²) in [6.45, 7) is 3.62. The van der Waals surface area contributed by atoms with Gasteiger partial charge < -0.3 is 10.0 Å². The van der Waals surface area contributed by atoms with E-state index in [1.807, 2.05) is 11.6 Å². The molecule has 1 aliphatic heterocycles. The standard InChI is InChI=1S/C10H16N2OS/c13-8-9-1-4-12(7-9)5-2-10-11-3-6-14-10/h3,6,9,13H,1-2,4-5,7-8H2. The monoisotopic (exact) mass is 212 g/mol. The molecule has 0 saturated carbocycles. The second kappa shape index (κ2) is 4.87. The van der Waals surface area contributed by atoms with Crippen molar-refractivity contribution in [2.75, 3.05) is 26.2 Å². The first-order valence-electron chi connectivity index (χ1n) is 5.10. The van der Waals surface area contributed by atoms with Crippen molar-refractivity contribution in [3.63, 3.8) is 0 Å². The number of aliphatic hydroxyl groups excluding tert-OH is 1. The van der Waals surface area contributed by atoms with Crippen LogP contribution in [-0.2, 0) is 6.42 Å². The van der Waals surface area contributed by atoms with E-state index in [1.165, 1.54) is 5.01 Å². The first-order chi connectivity index (χ1) is 6.88. The Hall–Kier alpha value is -0.450. The Balaban J connectivity index is 1.72.